The van der Waals surface area contributed by atoms with Crippen LogP contribution in [0.5, 0.6) is 0 Å². The van der Waals surface area contributed by atoms with Crippen molar-refractivity contribution in [2.75, 3.05) is 40.4 Å². The van der Waals surface area contributed by atoms with Gasteiger partial charge in [-0.15, -0.1) is 11.3 Å². The number of likely N-dealkylation sites (N-methyl/N-ethyl adjacent to an activating group) is 1. The lowest BCUT2D eigenvalue weighted by Crippen LogP contribution is -2.62. The van der Waals surface area contributed by atoms with Crippen molar-refractivity contribution in [2.45, 2.75) is 52.2 Å². The predicted molar refractivity (Wildman–Crippen MR) is 155 cm³/mol. The molecule has 3 amide bonds. The van der Waals surface area contributed by atoms with Crippen LogP contribution in [0.2, 0.25) is 0 Å². The molecule has 2 aliphatic heterocycles. The van der Waals surface area contributed by atoms with Gasteiger partial charge in [-0.2, -0.15) is 0 Å². The van der Waals surface area contributed by atoms with Crippen molar-refractivity contribution < 1.29 is 19.1 Å². The highest BCUT2D eigenvalue weighted by molar-refractivity contribution is 7.13. The molecule has 1 saturated heterocycles. The molecule has 0 aliphatic carbocycles. The number of carbonyl (C=O) groups excluding carboxylic acids is 3. The normalized spacial score (nSPS) is 19.9. The number of hydrogen-bond donors (Lipinski definition) is 3. The molecule has 10 nitrogen and oxygen atoms in total. The highest BCUT2D eigenvalue weighted by Crippen LogP contribution is 2.26. The summed E-state index contributed by atoms with van der Waals surface area (Å²) in [6.45, 7) is 8.46. The molecular formula is C29H38N6O4S. The minimum absolute atomic E-state index is 0.0443. The summed E-state index contributed by atoms with van der Waals surface area (Å²) in [5.41, 5.74) is 2.74. The molecule has 3 aromatic rings. The Morgan fingerprint density at radius 2 is 1.93 bits per heavy atom. The second-order valence-corrected chi connectivity index (χ2v) is 12.8. The number of benzene rings is 1. The third-order valence-electron chi connectivity index (χ3n) is 7.75. The highest BCUT2D eigenvalue weighted by atomic mass is 32.1. The number of thiazole rings is 1. The maximum atomic E-state index is 13.4. The monoisotopic (exact) mass is 566 g/mol. The van der Waals surface area contributed by atoms with Crippen LogP contribution < -0.4 is 10.6 Å². The third kappa shape index (κ3) is 5.91. The molecule has 2 atom stereocenters. The molecule has 0 unspecified atom stereocenters. The Morgan fingerprint density at radius 3 is 2.70 bits per heavy atom. The number of amides is 3. The number of methoxy groups -OCH3 is 1. The van der Waals surface area contributed by atoms with Gasteiger partial charge in [-0.05, 0) is 52.4 Å². The Labute approximate surface area is 238 Å². The van der Waals surface area contributed by atoms with Crippen LogP contribution in [0.4, 0.5) is 0 Å². The van der Waals surface area contributed by atoms with E-state index in [4.69, 9.17) is 4.74 Å². The second-order valence-electron chi connectivity index (χ2n) is 11.7. The van der Waals surface area contributed by atoms with Gasteiger partial charge in [-0.3, -0.25) is 14.4 Å². The van der Waals surface area contributed by atoms with Crippen LogP contribution in [0.25, 0.3) is 10.9 Å². The fourth-order valence-corrected chi connectivity index (χ4v) is 6.67. The number of aryl methyl sites for hydroxylation is 1. The first-order valence-electron chi connectivity index (χ1n) is 13.7. The van der Waals surface area contributed by atoms with Crippen molar-refractivity contribution in [3.63, 3.8) is 0 Å². The molecular weight excluding hydrogens is 528 g/mol. The number of likely N-dealkylation sites (tertiary alicyclic amines) is 1. The number of carbonyl (C=O) groups is 3. The van der Waals surface area contributed by atoms with Crippen LogP contribution in [-0.2, 0) is 22.5 Å². The molecule has 3 N–H and O–H groups in total. The van der Waals surface area contributed by atoms with Crippen LogP contribution in [0, 0.1) is 12.3 Å². The van der Waals surface area contributed by atoms with Gasteiger partial charge < -0.3 is 30.2 Å². The number of fused-ring (bicyclic) bond motifs is 2. The maximum Gasteiger partial charge on any atom is 0.280 e. The van der Waals surface area contributed by atoms with Crippen LogP contribution >= 0.6 is 11.3 Å². The van der Waals surface area contributed by atoms with E-state index >= 15 is 0 Å². The standard InChI is InChI=1S/C29H38N6O4S/c1-17-6-7-19-18(12-17)13-22(30-19)25(36)31-20-9-11-35(28(38)29(2,3)16-39-5)14-23(20)32-26(37)27-33-21-8-10-34(4)15-24(21)40-27/h6-7,12-13,20,23,30H,8-11,14-16H2,1-5H3,(H,31,36)(H,32,37)/t20-,23+/m0/s1. The minimum Gasteiger partial charge on any atom is -0.384 e. The topological polar surface area (TPSA) is 120 Å². The molecule has 1 aromatic carbocycles. The molecule has 0 radical (unpaired) electrons. The summed E-state index contributed by atoms with van der Waals surface area (Å²) in [7, 11) is 3.64. The largest absolute Gasteiger partial charge is 0.384 e. The lowest BCUT2D eigenvalue weighted by atomic mass is 9.90. The van der Waals surface area contributed by atoms with Gasteiger partial charge in [0, 0.05) is 55.5 Å². The molecule has 2 aliphatic rings. The maximum absolute atomic E-state index is 13.4. The number of ether oxygens (including phenoxy) is 1. The van der Waals surface area contributed by atoms with E-state index in [0.29, 0.717) is 30.3 Å². The second kappa shape index (κ2) is 11.3. The molecule has 5 rings (SSSR count). The van der Waals surface area contributed by atoms with E-state index in [1.54, 1.807) is 12.0 Å². The summed E-state index contributed by atoms with van der Waals surface area (Å²) < 4.78 is 5.28. The Hall–Kier alpha value is -3.28. The number of aromatic nitrogens is 2. The summed E-state index contributed by atoms with van der Waals surface area (Å²) in [5, 5.41) is 7.62. The number of piperidine rings is 1. The Morgan fingerprint density at radius 1 is 1.15 bits per heavy atom. The summed E-state index contributed by atoms with van der Waals surface area (Å²) >= 11 is 1.41. The van der Waals surface area contributed by atoms with Gasteiger partial charge in [0.25, 0.3) is 11.8 Å². The van der Waals surface area contributed by atoms with E-state index in [0.717, 1.165) is 46.5 Å². The molecule has 214 valence electrons. The van der Waals surface area contributed by atoms with Gasteiger partial charge in [0.1, 0.15) is 5.69 Å². The first-order chi connectivity index (χ1) is 19.0. The summed E-state index contributed by atoms with van der Waals surface area (Å²) in [6.07, 6.45) is 1.32. The van der Waals surface area contributed by atoms with E-state index < -0.39 is 11.5 Å². The number of nitrogens with one attached hydrogen (secondary N) is 3. The zero-order valence-electron chi connectivity index (χ0n) is 23.8. The SMILES string of the molecule is COCC(C)(C)C(=O)N1CC[C@H](NC(=O)c2cc3cc(C)ccc3[nH]2)[C@H](NC(=O)c2nc3c(s2)CN(C)CC3)C1. The number of aromatic amines is 1. The average Bonchev–Trinajstić information content (AvgIpc) is 3.53. The van der Waals surface area contributed by atoms with Crippen molar-refractivity contribution in [2.24, 2.45) is 5.41 Å². The fraction of sp³-hybridized carbons (Fsp3) is 0.517. The first-order valence-corrected chi connectivity index (χ1v) is 14.5. The fourth-order valence-electron chi connectivity index (χ4n) is 5.58. The number of rotatable bonds is 7. The van der Waals surface area contributed by atoms with Gasteiger partial charge in [0.15, 0.2) is 5.01 Å². The summed E-state index contributed by atoms with van der Waals surface area (Å²) in [6, 6.07) is 6.99. The average molecular weight is 567 g/mol. The first kappa shape index (κ1) is 28.3. The van der Waals surface area contributed by atoms with Gasteiger partial charge in [-0.25, -0.2) is 4.98 Å². The molecule has 0 spiro atoms. The zero-order valence-corrected chi connectivity index (χ0v) is 24.6. The van der Waals surface area contributed by atoms with Gasteiger partial charge >= 0.3 is 0 Å². The van der Waals surface area contributed by atoms with Gasteiger partial charge in [-0.1, -0.05) is 11.6 Å². The molecule has 0 saturated carbocycles. The number of hydrogen-bond acceptors (Lipinski definition) is 7. The van der Waals surface area contributed by atoms with Gasteiger partial charge in [0.2, 0.25) is 5.91 Å². The predicted octanol–water partition coefficient (Wildman–Crippen LogP) is 2.72. The lowest BCUT2D eigenvalue weighted by Gasteiger charge is -2.41. The Kier molecular flexibility index (Phi) is 7.98. The van der Waals surface area contributed by atoms with E-state index in [9.17, 15) is 14.4 Å². The molecule has 4 heterocycles. The molecule has 2 aromatic heterocycles. The van der Waals surface area contributed by atoms with Crippen molar-refractivity contribution in [3.05, 3.63) is 51.1 Å². The molecule has 11 heteroatoms. The van der Waals surface area contributed by atoms with Crippen LogP contribution in [-0.4, -0.2) is 90.0 Å². The molecule has 0 bridgehead atoms. The molecule has 1 fully saturated rings. The lowest BCUT2D eigenvalue weighted by molar-refractivity contribution is -0.144. The van der Waals surface area contributed by atoms with E-state index in [1.807, 2.05) is 45.0 Å². The van der Waals surface area contributed by atoms with Crippen LogP contribution in [0.15, 0.2) is 24.3 Å². The quantitative estimate of drug-likeness (QED) is 0.405. The zero-order chi connectivity index (χ0) is 28.6. The van der Waals surface area contributed by atoms with Crippen LogP contribution in [0.1, 0.15) is 56.7 Å². The summed E-state index contributed by atoms with van der Waals surface area (Å²) in [4.78, 5) is 53.0. The van der Waals surface area contributed by atoms with E-state index in [-0.39, 0.29) is 30.3 Å². The number of nitrogens with zero attached hydrogens (tertiary/aromatic N) is 3. The minimum atomic E-state index is -0.706. The van der Waals surface area contributed by atoms with Crippen LogP contribution in [0.3, 0.4) is 0 Å². The Bertz CT molecular complexity index is 1430. The van der Waals surface area contributed by atoms with Crippen molar-refractivity contribution in [1.29, 1.82) is 0 Å². The summed E-state index contributed by atoms with van der Waals surface area (Å²) in [5.74, 6) is -0.569. The Balaban J connectivity index is 1.35. The third-order valence-corrected chi connectivity index (χ3v) is 8.84. The van der Waals surface area contributed by atoms with Crippen molar-refractivity contribution >= 4 is 40.0 Å². The van der Waals surface area contributed by atoms with Crippen molar-refractivity contribution in [3.8, 4) is 0 Å². The molecule has 40 heavy (non-hydrogen) atoms. The van der Waals surface area contributed by atoms with Gasteiger partial charge in [0.05, 0.1) is 29.8 Å². The number of H-pyrrole nitrogens is 1. The van der Waals surface area contributed by atoms with E-state index in [2.05, 4.69) is 32.5 Å². The highest BCUT2D eigenvalue weighted by Gasteiger charge is 2.39. The van der Waals surface area contributed by atoms with E-state index in [1.165, 1.54) is 11.3 Å². The van der Waals surface area contributed by atoms with Crippen molar-refractivity contribution in [1.82, 2.24) is 30.4 Å². The smallest absolute Gasteiger partial charge is 0.280 e.